The van der Waals surface area contributed by atoms with Crippen LogP contribution in [-0.2, 0) is 6.54 Å². The molecule has 2 aromatic rings. The summed E-state index contributed by atoms with van der Waals surface area (Å²) >= 11 is 7.42. The summed E-state index contributed by atoms with van der Waals surface area (Å²) in [5.41, 5.74) is 1.04. The molecule has 0 bridgehead atoms. The third-order valence-electron chi connectivity index (χ3n) is 2.83. The summed E-state index contributed by atoms with van der Waals surface area (Å²) in [6.45, 7) is 2.66. The molecule has 0 unspecified atom stereocenters. The van der Waals surface area contributed by atoms with Crippen LogP contribution in [-0.4, -0.2) is 11.1 Å². The molecule has 1 heterocycles. The number of aromatic carboxylic acids is 1. The maximum absolute atomic E-state index is 10.8. The van der Waals surface area contributed by atoms with Gasteiger partial charge in [0.15, 0.2) is 0 Å². The smallest absolute Gasteiger partial charge is 0.345 e. The van der Waals surface area contributed by atoms with E-state index in [0.29, 0.717) is 11.4 Å². The number of benzene rings is 1. The predicted octanol–water partition coefficient (Wildman–Crippen LogP) is 3.95. The second kappa shape index (κ2) is 6.19. The molecular weight excluding hydrogens is 282 g/mol. The highest BCUT2D eigenvalue weighted by molar-refractivity contribution is 7.13. The lowest BCUT2D eigenvalue weighted by Gasteiger charge is -2.14. The van der Waals surface area contributed by atoms with Gasteiger partial charge in [-0.3, -0.25) is 0 Å². The second-order valence-electron chi connectivity index (χ2n) is 4.20. The molecule has 2 N–H and O–H groups in total. The summed E-state index contributed by atoms with van der Waals surface area (Å²) in [6.07, 6.45) is 0. The molecule has 0 saturated heterocycles. The number of hydrogen-bond donors (Lipinski definition) is 2. The molecule has 0 aliphatic rings. The average Bonchev–Trinajstić information content (AvgIpc) is 2.85. The first-order chi connectivity index (χ1) is 9.08. The highest BCUT2D eigenvalue weighted by Gasteiger charge is 2.10. The van der Waals surface area contributed by atoms with Gasteiger partial charge in [-0.25, -0.2) is 4.79 Å². The van der Waals surface area contributed by atoms with Gasteiger partial charge in [0.2, 0.25) is 0 Å². The summed E-state index contributed by atoms with van der Waals surface area (Å²) in [5.74, 6) is -0.879. The van der Waals surface area contributed by atoms with Crippen LogP contribution >= 0.6 is 22.9 Å². The number of carbonyl (C=O) groups is 1. The van der Waals surface area contributed by atoms with E-state index in [-0.39, 0.29) is 6.04 Å². The Labute approximate surface area is 120 Å². The number of carboxylic acid groups (broad SMARTS) is 1. The Balaban J connectivity index is 1.98. The van der Waals surface area contributed by atoms with E-state index in [0.717, 1.165) is 15.5 Å². The highest BCUT2D eigenvalue weighted by Crippen LogP contribution is 2.23. The van der Waals surface area contributed by atoms with Crippen LogP contribution in [0.25, 0.3) is 0 Å². The third-order valence-corrected chi connectivity index (χ3v) is 4.24. The lowest BCUT2D eigenvalue weighted by atomic mass is 10.1. The van der Waals surface area contributed by atoms with E-state index in [2.05, 4.69) is 5.32 Å². The number of halogens is 1. The van der Waals surface area contributed by atoms with Crippen molar-refractivity contribution in [2.24, 2.45) is 0 Å². The van der Waals surface area contributed by atoms with Gasteiger partial charge in [0.25, 0.3) is 0 Å². The summed E-state index contributed by atoms with van der Waals surface area (Å²) in [6, 6.07) is 11.3. The molecular formula is C14H14ClNO2S. The van der Waals surface area contributed by atoms with Gasteiger partial charge < -0.3 is 10.4 Å². The normalized spacial score (nSPS) is 12.3. The van der Waals surface area contributed by atoms with Crippen molar-refractivity contribution < 1.29 is 9.90 Å². The standard InChI is InChI=1S/C14H14ClNO2S/c1-9(11-4-2-3-5-12(11)15)16-8-10-6-7-13(19-10)14(17)18/h2-7,9,16H,8H2,1H3,(H,17,18)/t9-/m0/s1. The molecule has 0 amide bonds. The third kappa shape index (κ3) is 3.56. The SMILES string of the molecule is C[C@H](NCc1ccc(C(=O)O)s1)c1ccccc1Cl. The zero-order valence-corrected chi connectivity index (χ0v) is 12.0. The topological polar surface area (TPSA) is 49.3 Å². The Morgan fingerprint density at radius 2 is 2.11 bits per heavy atom. The second-order valence-corrected chi connectivity index (χ2v) is 5.77. The molecule has 1 aromatic heterocycles. The fourth-order valence-electron chi connectivity index (χ4n) is 1.78. The first-order valence-electron chi connectivity index (χ1n) is 5.87. The molecule has 0 radical (unpaired) electrons. The Kier molecular flexibility index (Phi) is 4.58. The average molecular weight is 296 g/mol. The van der Waals surface area contributed by atoms with Crippen molar-refractivity contribution in [1.82, 2.24) is 5.32 Å². The fraction of sp³-hybridized carbons (Fsp3) is 0.214. The maximum atomic E-state index is 10.8. The zero-order chi connectivity index (χ0) is 13.8. The van der Waals surface area contributed by atoms with E-state index in [9.17, 15) is 4.79 Å². The molecule has 1 aromatic carbocycles. The van der Waals surface area contributed by atoms with Gasteiger partial charge in [0.1, 0.15) is 4.88 Å². The van der Waals surface area contributed by atoms with Crippen LogP contribution in [0.3, 0.4) is 0 Å². The highest BCUT2D eigenvalue weighted by atomic mass is 35.5. The van der Waals surface area contributed by atoms with Crippen molar-refractivity contribution in [3.63, 3.8) is 0 Å². The van der Waals surface area contributed by atoms with Gasteiger partial charge in [0.05, 0.1) is 0 Å². The van der Waals surface area contributed by atoms with E-state index in [4.69, 9.17) is 16.7 Å². The van der Waals surface area contributed by atoms with Crippen LogP contribution in [0.4, 0.5) is 0 Å². The molecule has 100 valence electrons. The van der Waals surface area contributed by atoms with Crippen molar-refractivity contribution in [3.8, 4) is 0 Å². The van der Waals surface area contributed by atoms with Crippen molar-refractivity contribution in [1.29, 1.82) is 0 Å². The summed E-state index contributed by atoms with van der Waals surface area (Å²) < 4.78 is 0. The molecule has 0 fully saturated rings. The van der Waals surface area contributed by atoms with Crippen LogP contribution in [0.15, 0.2) is 36.4 Å². The van der Waals surface area contributed by atoms with Crippen LogP contribution in [0.5, 0.6) is 0 Å². The molecule has 5 heteroatoms. The molecule has 2 rings (SSSR count). The van der Waals surface area contributed by atoms with Crippen LogP contribution < -0.4 is 5.32 Å². The lowest BCUT2D eigenvalue weighted by Crippen LogP contribution is -2.17. The van der Waals surface area contributed by atoms with E-state index < -0.39 is 5.97 Å². The van der Waals surface area contributed by atoms with Gasteiger partial charge in [-0.2, -0.15) is 0 Å². The number of carboxylic acids is 1. The molecule has 0 spiro atoms. The summed E-state index contributed by atoms with van der Waals surface area (Å²) in [4.78, 5) is 12.2. The Bertz CT molecular complexity index is 582. The molecule has 3 nitrogen and oxygen atoms in total. The lowest BCUT2D eigenvalue weighted by molar-refractivity contribution is 0.0702. The molecule has 19 heavy (non-hydrogen) atoms. The molecule has 0 aliphatic heterocycles. The largest absolute Gasteiger partial charge is 0.477 e. The van der Waals surface area contributed by atoms with Gasteiger partial charge in [-0.1, -0.05) is 29.8 Å². The first-order valence-corrected chi connectivity index (χ1v) is 7.07. The molecule has 0 saturated carbocycles. The van der Waals surface area contributed by atoms with Gasteiger partial charge in [-0.15, -0.1) is 11.3 Å². The fourth-order valence-corrected chi connectivity index (χ4v) is 2.87. The van der Waals surface area contributed by atoms with E-state index in [1.165, 1.54) is 11.3 Å². The number of thiophene rings is 1. The van der Waals surface area contributed by atoms with Crippen LogP contribution in [0, 0.1) is 0 Å². The van der Waals surface area contributed by atoms with Crippen molar-refractivity contribution in [2.75, 3.05) is 0 Å². The summed E-state index contributed by atoms with van der Waals surface area (Å²) in [7, 11) is 0. The minimum Gasteiger partial charge on any atom is -0.477 e. The molecule has 1 atom stereocenters. The van der Waals surface area contributed by atoms with Gasteiger partial charge in [-0.05, 0) is 30.7 Å². The number of rotatable bonds is 5. The number of hydrogen-bond acceptors (Lipinski definition) is 3. The van der Waals surface area contributed by atoms with E-state index in [1.807, 2.05) is 37.3 Å². The predicted molar refractivity (Wildman–Crippen MR) is 78.0 cm³/mol. The molecule has 0 aliphatic carbocycles. The van der Waals surface area contributed by atoms with E-state index >= 15 is 0 Å². The Morgan fingerprint density at radius 1 is 1.37 bits per heavy atom. The summed E-state index contributed by atoms with van der Waals surface area (Å²) in [5, 5.41) is 12.9. The van der Waals surface area contributed by atoms with E-state index in [1.54, 1.807) is 6.07 Å². The monoisotopic (exact) mass is 295 g/mol. The van der Waals surface area contributed by atoms with Crippen LogP contribution in [0.1, 0.15) is 33.1 Å². The van der Waals surface area contributed by atoms with Crippen molar-refractivity contribution in [2.45, 2.75) is 19.5 Å². The van der Waals surface area contributed by atoms with Gasteiger partial charge >= 0.3 is 5.97 Å². The van der Waals surface area contributed by atoms with Crippen molar-refractivity contribution in [3.05, 3.63) is 56.7 Å². The Hall–Kier alpha value is -1.36. The Morgan fingerprint density at radius 3 is 2.74 bits per heavy atom. The van der Waals surface area contributed by atoms with Crippen molar-refractivity contribution >= 4 is 28.9 Å². The quantitative estimate of drug-likeness (QED) is 0.878. The maximum Gasteiger partial charge on any atom is 0.345 e. The minimum atomic E-state index is -0.879. The minimum absolute atomic E-state index is 0.115. The first kappa shape index (κ1) is 14.1. The van der Waals surface area contributed by atoms with Crippen LogP contribution in [0.2, 0.25) is 5.02 Å². The number of nitrogens with one attached hydrogen (secondary N) is 1. The zero-order valence-electron chi connectivity index (χ0n) is 10.4. The van der Waals surface area contributed by atoms with Gasteiger partial charge in [0, 0.05) is 22.5 Å².